The second-order valence-corrected chi connectivity index (χ2v) is 6.76. The molecule has 3 nitrogen and oxygen atoms in total. The van der Waals surface area contributed by atoms with Gasteiger partial charge in [0.2, 0.25) is 0 Å². The third-order valence-corrected chi connectivity index (χ3v) is 3.97. The van der Waals surface area contributed by atoms with Crippen LogP contribution >= 0.6 is 11.8 Å². The van der Waals surface area contributed by atoms with Crippen LogP contribution in [0.15, 0.2) is 24.3 Å². The minimum absolute atomic E-state index is 0.194. The highest BCUT2D eigenvalue weighted by molar-refractivity contribution is 7.98. The molecule has 104 valence electrons. The maximum atomic E-state index is 11.7. The maximum Gasteiger partial charge on any atom is 0.320 e. The van der Waals surface area contributed by atoms with Gasteiger partial charge in [-0.15, -0.1) is 0 Å². The van der Waals surface area contributed by atoms with Crippen LogP contribution in [0, 0.1) is 0 Å². The third-order valence-electron chi connectivity index (χ3n) is 2.89. The second-order valence-electron chi connectivity index (χ2n) is 5.73. The number of hydrogen-bond acceptors (Lipinski definition) is 4. The number of nitrogens with one attached hydrogen (secondary N) is 1. The minimum Gasteiger partial charge on any atom is -0.459 e. The number of carbonyl (C=O) groups excluding carboxylic acids is 1. The van der Waals surface area contributed by atoms with E-state index in [-0.39, 0.29) is 18.6 Å². The number of carbonyl (C=O) groups is 1. The molecule has 0 radical (unpaired) electrons. The summed E-state index contributed by atoms with van der Waals surface area (Å²) in [6.45, 7) is 5.92. The zero-order chi connectivity index (χ0) is 13.9. The largest absolute Gasteiger partial charge is 0.459 e. The Morgan fingerprint density at radius 2 is 2.16 bits per heavy atom. The Labute approximate surface area is 119 Å². The van der Waals surface area contributed by atoms with Crippen LogP contribution < -0.4 is 5.32 Å². The first kappa shape index (κ1) is 14.4. The molecule has 0 saturated carbocycles. The SMILES string of the molecule is CC(C)(C)OC(=O)CNC1CSCc2ccccc21. The molecule has 1 heterocycles. The number of benzene rings is 1. The summed E-state index contributed by atoms with van der Waals surface area (Å²) in [6, 6.07) is 8.65. The molecule has 0 saturated heterocycles. The van der Waals surface area contributed by atoms with E-state index in [1.165, 1.54) is 11.1 Å². The van der Waals surface area contributed by atoms with Crippen LogP contribution in [-0.4, -0.2) is 23.9 Å². The van der Waals surface area contributed by atoms with Gasteiger partial charge < -0.3 is 4.74 Å². The molecule has 0 aliphatic carbocycles. The first-order valence-electron chi connectivity index (χ1n) is 6.56. The molecule has 1 aliphatic heterocycles. The molecular formula is C15H21NO2S. The molecule has 4 heteroatoms. The fourth-order valence-corrected chi connectivity index (χ4v) is 3.27. The van der Waals surface area contributed by atoms with E-state index >= 15 is 0 Å². The highest BCUT2D eigenvalue weighted by Gasteiger charge is 2.22. The highest BCUT2D eigenvalue weighted by atomic mass is 32.2. The summed E-state index contributed by atoms with van der Waals surface area (Å²) in [5.74, 6) is 1.86. The molecule has 0 amide bonds. The van der Waals surface area contributed by atoms with Gasteiger partial charge in [0.05, 0.1) is 6.54 Å². The normalized spacial score (nSPS) is 18.8. The Morgan fingerprint density at radius 3 is 2.89 bits per heavy atom. The van der Waals surface area contributed by atoms with E-state index in [4.69, 9.17) is 4.74 Å². The van der Waals surface area contributed by atoms with Crippen LogP contribution in [0.1, 0.15) is 37.9 Å². The standard InChI is InChI=1S/C15H21NO2S/c1-15(2,3)18-14(17)8-16-13-10-19-9-11-6-4-5-7-12(11)13/h4-7,13,16H,8-10H2,1-3H3. The van der Waals surface area contributed by atoms with E-state index in [9.17, 15) is 4.79 Å². The zero-order valence-electron chi connectivity index (χ0n) is 11.7. The van der Waals surface area contributed by atoms with E-state index in [1.807, 2.05) is 32.5 Å². The highest BCUT2D eigenvalue weighted by Crippen LogP contribution is 2.31. The van der Waals surface area contributed by atoms with E-state index < -0.39 is 5.60 Å². The average Bonchev–Trinajstić information content (AvgIpc) is 2.34. The number of thioether (sulfide) groups is 1. The lowest BCUT2D eigenvalue weighted by Gasteiger charge is -2.26. The van der Waals surface area contributed by atoms with Crippen molar-refractivity contribution in [3.63, 3.8) is 0 Å². The summed E-state index contributed by atoms with van der Waals surface area (Å²) < 4.78 is 5.31. The molecule has 19 heavy (non-hydrogen) atoms. The summed E-state index contributed by atoms with van der Waals surface area (Å²) in [5, 5.41) is 3.30. The molecule has 1 aromatic carbocycles. The Kier molecular flexibility index (Phi) is 4.53. The van der Waals surface area contributed by atoms with Crippen molar-refractivity contribution in [3.05, 3.63) is 35.4 Å². The van der Waals surface area contributed by atoms with E-state index in [1.54, 1.807) is 0 Å². The van der Waals surface area contributed by atoms with Gasteiger partial charge in [-0.25, -0.2) is 0 Å². The second kappa shape index (κ2) is 5.97. The Morgan fingerprint density at radius 1 is 1.42 bits per heavy atom. The summed E-state index contributed by atoms with van der Waals surface area (Å²) in [4.78, 5) is 11.7. The fourth-order valence-electron chi connectivity index (χ4n) is 2.14. The van der Waals surface area contributed by atoms with Crippen molar-refractivity contribution in [3.8, 4) is 0 Å². The van der Waals surface area contributed by atoms with Gasteiger partial charge in [0.25, 0.3) is 0 Å². The summed E-state index contributed by atoms with van der Waals surface area (Å²) >= 11 is 1.90. The zero-order valence-corrected chi connectivity index (χ0v) is 12.5. The molecule has 1 N–H and O–H groups in total. The predicted molar refractivity (Wildman–Crippen MR) is 79.2 cm³/mol. The predicted octanol–water partition coefficient (Wildman–Crippen LogP) is 2.91. The molecule has 0 bridgehead atoms. The van der Waals surface area contributed by atoms with Crippen molar-refractivity contribution in [1.82, 2.24) is 5.32 Å². The summed E-state index contributed by atoms with van der Waals surface area (Å²) in [5.41, 5.74) is 2.25. The Balaban J connectivity index is 1.93. The van der Waals surface area contributed by atoms with Crippen molar-refractivity contribution in [2.45, 2.75) is 38.2 Å². The quantitative estimate of drug-likeness (QED) is 0.863. The lowest BCUT2D eigenvalue weighted by atomic mass is 10.0. The third kappa shape index (κ3) is 4.25. The first-order valence-corrected chi connectivity index (χ1v) is 7.72. The van der Waals surface area contributed by atoms with Gasteiger partial charge >= 0.3 is 5.97 Å². The lowest BCUT2D eigenvalue weighted by Crippen LogP contribution is -2.35. The molecule has 0 fully saturated rings. The van der Waals surface area contributed by atoms with Gasteiger partial charge in [0.15, 0.2) is 0 Å². The van der Waals surface area contributed by atoms with Crippen molar-refractivity contribution in [2.24, 2.45) is 0 Å². The maximum absolute atomic E-state index is 11.7. The minimum atomic E-state index is -0.419. The van der Waals surface area contributed by atoms with Gasteiger partial charge in [-0.1, -0.05) is 24.3 Å². The van der Waals surface area contributed by atoms with E-state index in [0.717, 1.165) is 11.5 Å². The van der Waals surface area contributed by atoms with Gasteiger partial charge in [0, 0.05) is 17.5 Å². The van der Waals surface area contributed by atoms with Crippen molar-refractivity contribution in [1.29, 1.82) is 0 Å². The number of rotatable bonds is 3. The van der Waals surface area contributed by atoms with Crippen LogP contribution in [0.5, 0.6) is 0 Å². The van der Waals surface area contributed by atoms with Crippen LogP contribution in [-0.2, 0) is 15.3 Å². The molecule has 0 spiro atoms. The number of fused-ring (bicyclic) bond motifs is 1. The average molecular weight is 279 g/mol. The molecule has 1 atom stereocenters. The molecular weight excluding hydrogens is 258 g/mol. The molecule has 1 unspecified atom stereocenters. The van der Waals surface area contributed by atoms with Gasteiger partial charge in [-0.05, 0) is 31.9 Å². The van der Waals surface area contributed by atoms with Crippen molar-refractivity contribution in [2.75, 3.05) is 12.3 Å². The Bertz CT molecular complexity index is 454. The number of hydrogen-bond donors (Lipinski definition) is 1. The van der Waals surface area contributed by atoms with Crippen LogP contribution in [0.3, 0.4) is 0 Å². The van der Waals surface area contributed by atoms with E-state index in [2.05, 4.69) is 29.6 Å². The number of ether oxygens (including phenoxy) is 1. The monoisotopic (exact) mass is 279 g/mol. The van der Waals surface area contributed by atoms with Crippen molar-refractivity contribution < 1.29 is 9.53 Å². The molecule has 1 aromatic rings. The van der Waals surface area contributed by atoms with Gasteiger partial charge in [0.1, 0.15) is 5.60 Å². The first-order chi connectivity index (χ1) is 8.96. The molecule has 2 rings (SSSR count). The molecule has 0 aromatic heterocycles. The molecule has 1 aliphatic rings. The van der Waals surface area contributed by atoms with Gasteiger partial charge in [-0.3, -0.25) is 10.1 Å². The van der Waals surface area contributed by atoms with Crippen LogP contribution in [0.25, 0.3) is 0 Å². The smallest absolute Gasteiger partial charge is 0.320 e. The number of esters is 1. The van der Waals surface area contributed by atoms with Crippen molar-refractivity contribution >= 4 is 17.7 Å². The Hall–Kier alpha value is -1.00. The van der Waals surface area contributed by atoms with Crippen LogP contribution in [0.4, 0.5) is 0 Å². The fraction of sp³-hybridized carbons (Fsp3) is 0.533. The lowest BCUT2D eigenvalue weighted by molar-refractivity contribution is -0.153. The summed E-state index contributed by atoms with van der Waals surface area (Å²) in [6.07, 6.45) is 0. The van der Waals surface area contributed by atoms with E-state index in [0.29, 0.717) is 0 Å². The van der Waals surface area contributed by atoms with Gasteiger partial charge in [-0.2, -0.15) is 11.8 Å². The van der Waals surface area contributed by atoms with Crippen LogP contribution in [0.2, 0.25) is 0 Å². The summed E-state index contributed by atoms with van der Waals surface area (Å²) in [7, 11) is 0. The topological polar surface area (TPSA) is 38.3 Å².